The van der Waals surface area contributed by atoms with Crippen LogP contribution in [0.1, 0.15) is 31.9 Å². The second-order valence-corrected chi connectivity index (χ2v) is 4.23. The zero-order valence-electron chi connectivity index (χ0n) is 9.48. The Bertz CT molecular complexity index is 404. The number of benzene rings is 1. The average Bonchev–Trinajstić information content (AvgIpc) is 2.28. The van der Waals surface area contributed by atoms with Gasteiger partial charge < -0.3 is 5.32 Å². The SMILES string of the molecule is CC#CCC(NCC)c1ccc(Cl)c(Cl)c1. The van der Waals surface area contributed by atoms with Crippen LogP contribution in [0, 0.1) is 11.8 Å². The summed E-state index contributed by atoms with van der Waals surface area (Å²) in [6.07, 6.45) is 0.780. The van der Waals surface area contributed by atoms with Gasteiger partial charge in [0.15, 0.2) is 0 Å². The molecule has 0 fully saturated rings. The number of halogens is 2. The summed E-state index contributed by atoms with van der Waals surface area (Å²) in [6, 6.07) is 5.92. The Morgan fingerprint density at radius 1 is 1.31 bits per heavy atom. The summed E-state index contributed by atoms with van der Waals surface area (Å²) in [5.41, 5.74) is 1.12. The summed E-state index contributed by atoms with van der Waals surface area (Å²) in [5, 5.41) is 4.55. The number of nitrogens with one attached hydrogen (secondary N) is 1. The monoisotopic (exact) mass is 255 g/mol. The third-order valence-electron chi connectivity index (χ3n) is 2.28. The van der Waals surface area contributed by atoms with Gasteiger partial charge in [-0.15, -0.1) is 11.8 Å². The molecule has 1 nitrogen and oxygen atoms in total. The van der Waals surface area contributed by atoms with Crippen molar-refractivity contribution in [2.45, 2.75) is 26.3 Å². The standard InChI is InChI=1S/C13H15Cl2N/c1-3-5-6-13(16-4-2)10-7-8-11(14)12(15)9-10/h7-9,13,16H,4,6H2,1-2H3. The van der Waals surface area contributed by atoms with Crippen LogP contribution < -0.4 is 5.32 Å². The Hall–Kier alpha value is -0.680. The lowest BCUT2D eigenvalue weighted by molar-refractivity contribution is 0.565. The maximum Gasteiger partial charge on any atom is 0.0595 e. The van der Waals surface area contributed by atoms with Crippen molar-refractivity contribution in [1.29, 1.82) is 0 Å². The molecule has 0 aliphatic heterocycles. The number of hydrogen-bond donors (Lipinski definition) is 1. The van der Waals surface area contributed by atoms with E-state index in [1.165, 1.54) is 0 Å². The van der Waals surface area contributed by atoms with E-state index in [1.54, 1.807) is 0 Å². The van der Waals surface area contributed by atoms with Gasteiger partial charge in [-0.1, -0.05) is 36.2 Å². The molecule has 0 saturated carbocycles. The van der Waals surface area contributed by atoms with Gasteiger partial charge in [0, 0.05) is 12.5 Å². The first kappa shape index (κ1) is 13.4. The Morgan fingerprint density at radius 2 is 2.06 bits per heavy atom. The molecule has 0 spiro atoms. The van der Waals surface area contributed by atoms with Crippen molar-refractivity contribution in [3.05, 3.63) is 33.8 Å². The van der Waals surface area contributed by atoms with E-state index in [0.29, 0.717) is 10.0 Å². The lowest BCUT2D eigenvalue weighted by Gasteiger charge is -2.16. The van der Waals surface area contributed by atoms with Gasteiger partial charge in [-0.3, -0.25) is 0 Å². The van der Waals surface area contributed by atoms with Crippen molar-refractivity contribution in [2.24, 2.45) is 0 Å². The zero-order chi connectivity index (χ0) is 12.0. The summed E-state index contributed by atoms with van der Waals surface area (Å²) >= 11 is 11.9. The van der Waals surface area contributed by atoms with E-state index in [0.717, 1.165) is 18.5 Å². The minimum absolute atomic E-state index is 0.215. The molecule has 16 heavy (non-hydrogen) atoms. The van der Waals surface area contributed by atoms with Crippen molar-refractivity contribution >= 4 is 23.2 Å². The molecule has 1 aromatic carbocycles. The highest BCUT2D eigenvalue weighted by Gasteiger charge is 2.10. The molecule has 0 saturated heterocycles. The third kappa shape index (κ3) is 3.72. The lowest BCUT2D eigenvalue weighted by atomic mass is 10.0. The molecule has 1 rings (SSSR count). The molecule has 1 unspecified atom stereocenters. The predicted molar refractivity (Wildman–Crippen MR) is 70.9 cm³/mol. The van der Waals surface area contributed by atoms with Gasteiger partial charge in [-0.2, -0.15) is 0 Å². The molecule has 0 aliphatic carbocycles. The fourth-order valence-corrected chi connectivity index (χ4v) is 1.79. The molecular weight excluding hydrogens is 241 g/mol. The van der Waals surface area contributed by atoms with Gasteiger partial charge in [0.2, 0.25) is 0 Å². The van der Waals surface area contributed by atoms with Gasteiger partial charge in [0.25, 0.3) is 0 Å². The first-order valence-corrected chi connectivity index (χ1v) is 6.02. The van der Waals surface area contributed by atoms with Crippen LogP contribution >= 0.6 is 23.2 Å². The molecule has 86 valence electrons. The summed E-state index contributed by atoms with van der Waals surface area (Å²) in [6.45, 7) is 4.82. The highest BCUT2D eigenvalue weighted by atomic mass is 35.5. The van der Waals surface area contributed by atoms with Crippen molar-refractivity contribution in [1.82, 2.24) is 5.32 Å². The number of rotatable bonds is 4. The highest BCUT2D eigenvalue weighted by Crippen LogP contribution is 2.26. The van der Waals surface area contributed by atoms with Crippen molar-refractivity contribution < 1.29 is 0 Å². The van der Waals surface area contributed by atoms with E-state index in [1.807, 2.05) is 25.1 Å². The topological polar surface area (TPSA) is 12.0 Å². The van der Waals surface area contributed by atoms with E-state index in [4.69, 9.17) is 23.2 Å². The van der Waals surface area contributed by atoms with E-state index < -0.39 is 0 Å². The van der Waals surface area contributed by atoms with E-state index in [-0.39, 0.29) is 6.04 Å². The van der Waals surface area contributed by atoms with Crippen molar-refractivity contribution in [2.75, 3.05) is 6.54 Å². The molecule has 3 heteroatoms. The molecule has 0 bridgehead atoms. The molecule has 0 radical (unpaired) electrons. The quantitative estimate of drug-likeness (QED) is 0.801. The normalized spacial score (nSPS) is 11.8. The van der Waals surface area contributed by atoms with Crippen LogP contribution in [0.2, 0.25) is 10.0 Å². The van der Waals surface area contributed by atoms with Crippen molar-refractivity contribution in [3.63, 3.8) is 0 Å². The Morgan fingerprint density at radius 3 is 2.62 bits per heavy atom. The van der Waals surface area contributed by atoms with Gasteiger partial charge >= 0.3 is 0 Å². The largest absolute Gasteiger partial charge is 0.309 e. The molecule has 1 atom stereocenters. The maximum atomic E-state index is 6.00. The molecule has 0 amide bonds. The van der Waals surface area contributed by atoms with Gasteiger partial charge in [-0.05, 0) is 31.2 Å². The fraction of sp³-hybridized carbons (Fsp3) is 0.385. The third-order valence-corrected chi connectivity index (χ3v) is 3.02. The molecule has 1 aromatic rings. The molecule has 1 N–H and O–H groups in total. The summed E-state index contributed by atoms with van der Waals surface area (Å²) in [4.78, 5) is 0. The smallest absolute Gasteiger partial charge is 0.0595 e. The van der Waals surface area contributed by atoms with Crippen LogP contribution in [0.25, 0.3) is 0 Å². The molecule has 0 aliphatic rings. The number of hydrogen-bond acceptors (Lipinski definition) is 1. The minimum atomic E-state index is 0.215. The highest BCUT2D eigenvalue weighted by molar-refractivity contribution is 6.42. The Balaban J connectivity index is 2.89. The fourth-order valence-electron chi connectivity index (χ4n) is 1.49. The van der Waals surface area contributed by atoms with Gasteiger partial charge in [0.05, 0.1) is 10.0 Å². The van der Waals surface area contributed by atoms with Crippen LogP contribution in [0.3, 0.4) is 0 Å². The van der Waals surface area contributed by atoms with Crippen LogP contribution in [-0.2, 0) is 0 Å². The van der Waals surface area contributed by atoms with E-state index in [9.17, 15) is 0 Å². The van der Waals surface area contributed by atoms with Crippen LogP contribution in [0.4, 0.5) is 0 Å². The Kier molecular flexibility index (Phi) is 5.69. The van der Waals surface area contributed by atoms with Crippen LogP contribution in [0.5, 0.6) is 0 Å². The minimum Gasteiger partial charge on any atom is -0.309 e. The molecule has 0 aromatic heterocycles. The zero-order valence-corrected chi connectivity index (χ0v) is 11.0. The average molecular weight is 256 g/mol. The van der Waals surface area contributed by atoms with E-state index >= 15 is 0 Å². The summed E-state index contributed by atoms with van der Waals surface area (Å²) < 4.78 is 0. The predicted octanol–water partition coefficient (Wildman–Crippen LogP) is 4.06. The maximum absolute atomic E-state index is 6.00. The second kappa shape index (κ2) is 6.81. The van der Waals surface area contributed by atoms with Crippen LogP contribution in [-0.4, -0.2) is 6.54 Å². The lowest BCUT2D eigenvalue weighted by Crippen LogP contribution is -2.20. The molecular formula is C13H15Cl2N. The van der Waals surface area contributed by atoms with Gasteiger partial charge in [0.1, 0.15) is 0 Å². The first-order chi connectivity index (χ1) is 7.69. The molecule has 0 heterocycles. The second-order valence-electron chi connectivity index (χ2n) is 3.41. The van der Waals surface area contributed by atoms with E-state index in [2.05, 4.69) is 24.1 Å². The summed E-state index contributed by atoms with van der Waals surface area (Å²) in [7, 11) is 0. The summed E-state index contributed by atoms with van der Waals surface area (Å²) in [5.74, 6) is 5.98. The van der Waals surface area contributed by atoms with Crippen molar-refractivity contribution in [3.8, 4) is 11.8 Å². The Labute approximate surface area is 107 Å². The first-order valence-electron chi connectivity index (χ1n) is 5.27. The van der Waals surface area contributed by atoms with Crippen LogP contribution in [0.15, 0.2) is 18.2 Å². The van der Waals surface area contributed by atoms with Gasteiger partial charge in [-0.25, -0.2) is 0 Å².